The number of amides is 1. The minimum Gasteiger partial charge on any atom is -0.322 e. The molecule has 3 aromatic rings. The van der Waals surface area contributed by atoms with Crippen LogP contribution in [0.15, 0.2) is 33.9 Å². The first-order valence-corrected chi connectivity index (χ1v) is 8.83. The quantitative estimate of drug-likeness (QED) is 0.720. The van der Waals surface area contributed by atoms with Crippen LogP contribution in [0.25, 0.3) is 11.0 Å². The molecule has 0 aliphatic heterocycles. The van der Waals surface area contributed by atoms with Crippen LogP contribution in [-0.2, 0) is 6.54 Å². The van der Waals surface area contributed by atoms with Gasteiger partial charge in [0.05, 0.1) is 10.9 Å². The molecule has 28 heavy (non-hydrogen) atoms. The van der Waals surface area contributed by atoms with Crippen LogP contribution in [0.2, 0.25) is 0 Å². The van der Waals surface area contributed by atoms with Crippen molar-refractivity contribution in [1.29, 1.82) is 0 Å². The van der Waals surface area contributed by atoms with E-state index in [-0.39, 0.29) is 34.7 Å². The van der Waals surface area contributed by atoms with Crippen molar-refractivity contribution in [3.63, 3.8) is 0 Å². The molecule has 2 N–H and O–H groups in total. The Morgan fingerprint density at radius 1 is 1.25 bits per heavy atom. The molecule has 7 nitrogen and oxygen atoms in total. The minimum absolute atomic E-state index is 0.0223. The van der Waals surface area contributed by atoms with Gasteiger partial charge in [-0.3, -0.25) is 19.1 Å². The van der Waals surface area contributed by atoms with Crippen molar-refractivity contribution in [2.75, 3.05) is 5.32 Å². The van der Waals surface area contributed by atoms with E-state index in [1.165, 1.54) is 16.7 Å². The van der Waals surface area contributed by atoms with Crippen molar-refractivity contribution < 1.29 is 13.6 Å². The van der Waals surface area contributed by atoms with E-state index in [2.05, 4.69) is 15.3 Å². The molecule has 1 fully saturated rings. The Hall–Kier alpha value is -3.36. The molecule has 1 aliphatic carbocycles. The lowest BCUT2D eigenvalue weighted by atomic mass is 10.1. The zero-order valence-electron chi connectivity index (χ0n) is 14.9. The van der Waals surface area contributed by atoms with Crippen molar-refractivity contribution >= 4 is 22.6 Å². The SMILES string of the molecule is CCn1c(=O)[nH]c(=O)c2c(C(=O)Nc3ccc(F)c(F)c3)cc(C3CC3)nc21. The summed E-state index contributed by atoms with van der Waals surface area (Å²) in [5.41, 5.74) is -0.504. The van der Waals surface area contributed by atoms with Crippen LogP contribution < -0.4 is 16.6 Å². The van der Waals surface area contributed by atoms with Crippen molar-refractivity contribution in [3.8, 4) is 0 Å². The number of aromatic amines is 1. The molecule has 0 saturated heterocycles. The average molecular weight is 386 g/mol. The first-order valence-electron chi connectivity index (χ1n) is 8.83. The minimum atomic E-state index is -1.10. The summed E-state index contributed by atoms with van der Waals surface area (Å²) < 4.78 is 27.8. The Morgan fingerprint density at radius 3 is 2.64 bits per heavy atom. The maximum atomic E-state index is 13.4. The second kappa shape index (κ2) is 6.66. The summed E-state index contributed by atoms with van der Waals surface area (Å²) in [5.74, 6) is -2.65. The number of rotatable bonds is 4. The van der Waals surface area contributed by atoms with Gasteiger partial charge in [-0.1, -0.05) is 0 Å². The number of hydrogen-bond acceptors (Lipinski definition) is 4. The van der Waals surface area contributed by atoms with E-state index in [0.717, 1.165) is 25.0 Å². The molecule has 0 spiro atoms. The number of pyridine rings is 1. The molecule has 1 aliphatic rings. The van der Waals surface area contributed by atoms with Crippen molar-refractivity contribution in [2.45, 2.75) is 32.2 Å². The molecule has 4 rings (SSSR count). The van der Waals surface area contributed by atoms with Crippen LogP contribution in [0.4, 0.5) is 14.5 Å². The normalized spacial score (nSPS) is 13.7. The van der Waals surface area contributed by atoms with Crippen LogP contribution in [0.3, 0.4) is 0 Å². The van der Waals surface area contributed by atoms with Crippen molar-refractivity contribution in [3.05, 3.63) is 68.0 Å². The molecule has 1 amide bonds. The van der Waals surface area contributed by atoms with E-state index in [1.54, 1.807) is 6.92 Å². The van der Waals surface area contributed by atoms with E-state index >= 15 is 0 Å². The fourth-order valence-corrected chi connectivity index (χ4v) is 3.13. The van der Waals surface area contributed by atoms with Crippen LogP contribution in [0.5, 0.6) is 0 Å². The predicted molar refractivity (Wildman–Crippen MR) is 98.6 cm³/mol. The summed E-state index contributed by atoms with van der Waals surface area (Å²) in [5, 5.41) is 2.45. The van der Waals surface area contributed by atoms with Crippen LogP contribution in [0, 0.1) is 11.6 Å². The predicted octanol–water partition coefficient (Wildman–Crippen LogP) is 2.51. The second-order valence-electron chi connectivity index (χ2n) is 6.65. The van der Waals surface area contributed by atoms with Crippen LogP contribution >= 0.6 is 0 Å². The molecule has 0 radical (unpaired) electrons. The number of halogens is 2. The van der Waals surface area contributed by atoms with Gasteiger partial charge in [0.2, 0.25) is 0 Å². The van der Waals surface area contributed by atoms with E-state index in [4.69, 9.17) is 0 Å². The number of hydrogen-bond donors (Lipinski definition) is 2. The third kappa shape index (κ3) is 3.08. The summed E-state index contributed by atoms with van der Waals surface area (Å²) >= 11 is 0. The number of benzene rings is 1. The highest BCUT2D eigenvalue weighted by molar-refractivity contribution is 6.11. The molecule has 2 heterocycles. The number of nitrogens with one attached hydrogen (secondary N) is 2. The molecule has 9 heteroatoms. The molecule has 1 aromatic carbocycles. The first kappa shape index (κ1) is 18.0. The highest BCUT2D eigenvalue weighted by atomic mass is 19.2. The number of H-pyrrole nitrogens is 1. The molecule has 0 unspecified atom stereocenters. The summed E-state index contributed by atoms with van der Waals surface area (Å²) in [7, 11) is 0. The summed E-state index contributed by atoms with van der Waals surface area (Å²) in [4.78, 5) is 44.1. The zero-order valence-corrected chi connectivity index (χ0v) is 14.9. The van der Waals surface area contributed by atoms with E-state index < -0.39 is 28.8 Å². The smallest absolute Gasteiger partial charge is 0.322 e. The monoisotopic (exact) mass is 386 g/mol. The lowest BCUT2D eigenvalue weighted by Crippen LogP contribution is -2.32. The highest BCUT2D eigenvalue weighted by Gasteiger charge is 2.28. The summed E-state index contributed by atoms with van der Waals surface area (Å²) in [6, 6.07) is 4.49. The van der Waals surface area contributed by atoms with Crippen LogP contribution in [0.1, 0.15) is 41.7 Å². The fraction of sp³-hybridized carbons (Fsp3) is 0.263. The Labute approximate surface area is 157 Å². The molecule has 0 atom stereocenters. The van der Waals surface area contributed by atoms with E-state index in [0.29, 0.717) is 5.69 Å². The maximum absolute atomic E-state index is 13.4. The summed E-state index contributed by atoms with van der Waals surface area (Å²) in [6.07, 6.45) is 1.81. The molecule has 0 bridgehead atoms. The fourth-order valence-electron chi connectivity index (χ4n) is 3.13. The van der Waals surface area contributed by atoms with Gasteiger partial charge in [0.15, 0.2) is 17.3 Å². The Kier molecular flexibility index (Phi) is 4.29. The van der Waals surface area contributed by atoms with E-state index in [9.17, 15) is 23.2 Å². The number of carbonyl (C=O) groups is 1. The van der Waals surface area contributed by atoms with Gasteiger partial charge in [0.1, 0.15) is 0 Å². The summed E-state index contributed by atoms with van der Waals surface area (Å²) in [6.45, 7) is 1.99. The maximum Gasteiger partial charge on any atom is 0.329 e. The first-order chi connectivity index (χ1) is 13.4. The average Bonchev–Trinajstić information content (AvgIpc) is 3.49. The largest absolute Gasteiger partial charge is 0.329 e. The molecule has 1 saturated carbocycles. The van der Waals surface area contributed by atoms with Gasteiger partial charge in [-0.05, 0) is 38.0 Å². The lowest BCUT2D eigenvalue weighted by molar-refractivity contribution is 0.102. The van der Waals surface area contributed by atoms with Gasteiger partial charge in [0, 0.05) is 29.9 Å². The molecular weight excluding hydrogens is 370 g/mol. The molecule has 2 aromatic heterocycles. The third-order valence-corrected chi connectivity index (χ3v) is 4.70. The molecule has 144 valence electrons. The highest BCUT2D eigenvalue weighted by Crippen LogP contribution is 2.40. The van der Waals surface area contributed by atoms with Gasteiger partial charge in [0.25, 0.3) is 11.5 Å². The van der Waals surface area contributed by atoms with Gasteiger partial charge in [-0.15, -0.1) is 0 Å². The number of carbonyl (C=O) groups excluding carboxylic acids is 1. The number of aromatic nitrogens is 3. The number of nitrogens with zero attached hydrogens (tertiary/aromatic N) is 2. The third-order valence-electron chi connectivity index (χ3n) is 4.70. The number of anilines is 1. The van der Waals surface area contributed by atoms with Gasteiger partial charge < -0.3 is 5.32 Å². The van der Waals surface area contributed by atoms with Gasteiger partial charge >= 0.3 is 5.69 Å². The topological polar surface area (TPSA) is 96.9 Å². The number of aryl methyl sites for hydroxylation is 1. The number of fused-ring (bicyclic) bond motifs is 1. The Balaban J connectivity index is 1.89. The Bertz CT molecular complexity index is 1230. The Morgan fingerprint density at radius 2 is 2.00 bits per heavy atom. The zero-order chi connectivity index (χ0) is 20.0. The standard InChI is InChI=1S/C19H16F2N4O3/c1-2-25-16-15(18(27)24-19(25)28)11(8-14(23-16)9-3-4-9)17(26)22-10-5-6-12(20)13(21)7-10/h5-9H,2-4H2,1H3,(H,22,26)(H,24,27,28). The van der Waals surface area contributed by atoms with Crippen LogP contribution in [-0.4, -0.2) is 20.4 Å². The lowest BCUT2D eigenvalue weighted by Gasteiger charge is -2.12. The molecular formula is C19H16F2N4O3. The van der Waals surface area contributed by atoms with Gasteiger partial charge in [-0.2, -0.15) is 0 Å². The second-order valence-corrected chi connectivity index (χ2v) is 6.65. The van der Waals surface area contributed by atoms with Gasteiger partial charge in [-0.25, -0.2) is 18.6 Å². The van der Waals surface area contributed by atoms with Crippen molar-refractivity contribution in [2.24, 2.45) is 0 Å². The van der Waals surface area contributed by atoms with E-state index in [1.807, 2.05) is 0 Å². The van der Waals surface area contributed by atoms with Crippen molar-refractivity contribution in [1.82, 2.24) is 14.5 Å².